The third-order valence-electron chi connectivity index (χ3n) is 7.37. The number of amides is 4. The maximum absolute atomic E-state index is 12.9. The van der Waals surface area contributed by atoms with Gasteiger partial charge in [0.1, 0.15) is 12.6 Å². The lowest BCUT2D eigenvalue weighted by Gasteiger charge is -2.29. The number of fused-ring (bicyclic) bond motifs is 4. The minimum absolute atomic E-state index is 0.0116. The molecule has 37 heavy (non-hydrogen) atoms. The predicted octanol–water partition coefficient (Wildman–Crippen LogP) is 3.49. The number of nitrogens with zero attached hydrogens (tertiary/aromatic N) is 1. The Kier molecular flexibility index (Phi) is 5.71. The molecule has 1 unspecified atom stereocenters. The Balaban J connectivity index is 1.07. The van der Waals surface area contributed by atoms with Gasteiger partial charge in [0, 0.05) is 31.0 Å². The summed E-state index contributed by atoms with van der Waals surface area (Å²) < 4.78 is 5.60. The number of nitrogens with one attached hydrogen (secondary N) is 2. The summed E-state index contributed by atoms with van der Waals surface area (Å²) in [6.45, 7) is 0.773. The fourth-order valence-electron chi connectivity index (χ4n) is 5.56. The third-order valence-corrected chi connectivity index (χ3v) is 7.37. The summed E-state index contributed by atoms with van der Waals surface area (Å²) in [6.07, 6.45) is 0.0236. The monoisotopic (exact) mass is 495 g/mol. The van der Waals surface area contributed by atoms with Crippen LogP contribution in [0.4, 0.5) is 4.79 Å². The van der Waals surface area contributed by atoms with Crippen LogP contribution in [0.25, 0.3) is 11.1 Å². The number of benzene rings is 3. The summed E-state index contributed by atoms with van der Waals surface area (Å²) in [4.78, 5) is 50.6. The van der Waals surface area contributed by atoms with E-state index in [1.807, 2.05) is 30.3 Å². The van der Waals surface area contributed by atoms with E-state index in [-0.39, 0.29) is 37.3 Å². The molecule has 0 saturated carbocycles. The van der Waals surface area contributed by atoms with E-state index in [1.165, 1.54) is 16.0 Å². The maximum Gasteiger partial charge on any atom is 0.407 e. The number of rotatable bonds is 5. The lowest BCUT2D eigenvalue weighted by molar-refractivity contribution is -0.136. The van der Waals surface area contributed by atoms with Gasteiger partial charge in [0.25, 0.3) is 5.91 Å². The molecule has 1 atom stereocenters. The molecule has 3 aromatic rings. The van der Waals surface area contributed by atoms with E-state index in [0.717, 1.165) is 22.3 Å². The molecule has 2 N–H and O–H groups in total. The number of ether oxygens (including phenoxy) is 1. The molecular formula is C29H25N3O5. The Morgan fingerprint density at radius 2 is 1.65 bits per heavy atom. The molecule has 3 aromatic carbocycles. The lowest BCUT2D eigenvalue weighted by Crippen LogP contribution is -2.52. The highest BCUT2D eigenvalue weighted by molar-refractivity contribution is 6.05. The second-order valence-corrected chi connectivity index (χ2v) is 9.57. The van der Waals surface area contributed by atoms with Crippen molar-refractivity contribution in [1.82, 2.24) is 15.5 Å². The maximum atomic E-state index is 12.9. The van der Waals surface area contributed by atoms with Gasteiger partial charge < -0.3 is 15.0 Å². The van der Waals surface area contributed by atoms with Crippen LogP contribution in [0.2, 0.25) is 0 Å². The summed E-state index contributed by atoms with van der Waals surface area (Å²) in [6, 6.07) is 21.1. The largest absolute Gasteiger partial charge is 0.449 e. The molecule has 2 heterocycles. The summed E-state index contributed by atoms with van der Waals surface area (Å²) >= 11 is 0. The van der Waals surface area contributed by atoms with Crippen molar-refractivity contribution in [2.24, 2.45) is 0 Å². The second kappa shape index (κ2) is 9.20. The van der Waals surface area contributed by atoms with Crippen LogP contribution in [0.5, 0.6) is 0 Å². The van der Waals surface area contributed by atoms with Crippen LogP contribution in [-0.2, 0) is 27.4 Å². The zero-order valence-electron chi connectivity index (χ0n) is 20.0. The van der Waals surface area contributed by atoms with Crippen LogP contribution in [0.1, 0.15) is 51.4 Å². The zero-order chi connectivity index (χ0) is 25.5. The standard InChI is InChI=1S/C29H25N3O5/c33-26-12-11-25(27(34)31-26)32-15-18-13-17(9-10-19(18)28(32)35)14-30-29(36)37-16-24-22-7-3-1-5-20(22)21-6-2-4-8-23(21)24/h1-10,13,24-25H,11-12,14-16H2,(H,30,36)(H,31,33,34). The summed E-state index contributed by atoms with van der Waals surface area (Å²) in [5, 5.41) is 5.11. The fraction of sp³-hybridized carbons (Fsp3) is 0.241. The Bertz CT molecular complexity index is 1400. The first-order chi connectivity index (χ1) is 18.0. The van der Waals surface area contributed by atoms with Crippen LogP contribution >= 0.6 is 0 Å². The molecule has 0 spiro atoms. The summed E-state index contributed by atoms with van der Waals surface area (Å²) in [5.41, 5.74) is 6.80. The molecule has 0 bridgehead atoms. The van der Waals surface area contributed by atoms with Crippen LogP contribution in [0.3, 0.4) is 0 Å². The van der Waals surface area contributed by atoms with E-state index >= 15 is 0 Å². The number of imide groups is 1. The van der Waals surface area contributed by atoms with E-state index in [9.17, 15) is 19.2 Å². The molecule has 8 heteroatoms. The minimum Gasteiger partial charge on any atom is -0.449 e. The van der Waals surface area contributed by atoms with Crippen molar-refractivity contribution in [3.8, 4) is 11.1 Å². The summed E-state index contributed by atoms with van der Waals surface area (Å²) in [5.74, 6) is -0.982. The molecule has 1 aliphatic carbocycles. The van der Waals surface area contributed by atoms with Crippen molar-refractivity contribution >= 4 is 23.8 Å². The van der Waals surface area contributed by atoms with Crippen molar-refractivity contribution in [2.45, 2.75) is 37.9 Å². The van der Waals surface area contributed by atoms with E-state index in [0.29, 0.717) is 18.5 Å². The number of hydrogen-bond donors (Lipinski definition) is 2. The molecular weight excluding hydrogens is 470 g/mol. The van der Waals surface area contributed by atoms with Crippen molar-refractivity contribution in [1.29, 1.82) is 0 Å². The average Bonchev–Trinajstić information content (AvgIpc) is 3.40. The van der Waals surface area contributed by atoms with Crippen molar-refractivity contribution in [3.63, 3.8) is 0 Å². The van der Waals surface area contributed by atoms with Gasteiger partial charge >= 0.3 is 6.09 Å². The summed E-state index contributed by atoms with van der Waals surface area (Å²) in [7, 11) is 0. The normalized spacial score (nSPS) is 18.2. The molecule has 6 rings (SSSR count). The first kappa shape index (κ1) is 23.0. The molecule has 0 radical (unpaired) electrons. The van der Waals surface area contributed by atoms with Gasteiger partial charge in [-0.25, -0.2) is 4.79 Å². The van der Waals surface area contributed by atoms with Gasteiger partial charge in [-0.05, 0) is 45.9 Å². The Morgan fingerprint density at radius 1 is 0.946 bits per heavy atom. The van der Waals surface area contributed by atoms with Gasteiger partial charge in [-0.3, -0.25) is 19.7 Å². The van der Waals surface area contributed by atoms with Gasteiger partial charge in [0.15, 0.2) is 0 Å². The van der Waals surface area contributed by atoms with Crippen LogP contribution < -0.4 is 10.6 Å². The topological polar surface area (TPSA) is 105 Å². The number of hydrogen-bond acceptors (Lipinski definition) is 5. The lowest BCUT2D eigenvalue weighted by atomic mass is 9.98. The highest BCUT2D eigenvalue weighted by atomic mass is 16.5. The molecule has 1 fully saturated rings. The van der Waals surface area contributed by atoms with Gasteiger partial charge in [0.05, 0.1) is 0 Å². The molecule has 2 aliphatic heterocycles. The van der Waals surface area contributed by atoms with E-state index in [2.05, 4.69) is 34.9 Å². The fourth-order valence-corrected chi connectivity index (χ4v) is 5.56. The number of piperidine rings is 1. The van der Waals surface area contributed by atoms with Crippen LogP contribution in [0.15, 0.2) is 66.7 Å². The molecule has 3 aliphatic rings. The Morgan fingerprint density at radius 3 is 2.35 bits per heavy atom. The quantitative estimate of drug-likeness (QED) is 0.528. The molecule has 0 aromatic heterocycles. The number of carbonyl (C=O) groups is 4. The Labute approximate surface area is 213 Å². The Hall–Kier alpha value is -4.46. The van der Waals surface area contributed by atoms with E-state index in [4.69, 9.17) is 4.74 Å². The predicted molar refractivity (Wildman–Crippen MR) is 134 cm³/mol. The highest BCUT2D eigenvalue weighted by Gasteiger charge is 2.39. The first-order valence-electron chi connectivity index (χ1n) is 12.3. The van der Waals surface area contributed by atoms with Gasteiger partial charge in [-0.1, -0.05) is 60.7 Å². The molecule has 1 saturated heterocycles. The number of carbonyl (C=O) groups excluding carboxylic acids is 4. The first-order valence-corrected chi connectivity index (χ1v) is 12.3. The molecule has 8 nitrogen and oxygen atoms in total. The van der Waals surface area contributed by atoms with Gasteiger partial charge in [0.2, 0.25) is 11.8 Å². The van der Waals surface area contributed by atoms with E-state index < -0.39 is 18.0 Å². The molecule has 186 valence electrons. The van der Waals surface area contributed by atoms with Gasteiger partial charge in [-0.15, -0.1) is 0 Å². The smallest absolute Gasteiger partial charge is 0.407 e. The third kappa shape index (κ3) is 4.14. The zero-order valence-corrected chi connectivity index (χ0v) is 20.0. The van der Waals surface area contributed by atoms with Crippen LogP contribution in [-0.4, -0.2) is 41.4 Å². The van der Waals surface area contributed by atoms with Crippen LogP contribution in [0, 0.1) is 0 Å². The highest BCUT2D eigenvalue weighted by Crippen LogP contribution is 2.44. The SMILES string of the molecule is O=C1CCC(N2Cc3cc(CNC(=O)OCC4c5ccccc5-c5ccccc54)ccc3C2=O)C(=O)N1. The number of alkyl carbamates (subject to hydrolysis) is 1. The van der Waals surface area contributed by atoms with Crippen molar-refractivity contribution < 1.29 is 23.9 Å². The van der Waals surface area contributed by atoms with Crippen molar-refractivity contribution in [2.75, 3.05) is 6.61 Å². The second-order valence-electron chi connectivity index (χ2n) is 9.57. The average molecular weight is 496 g/mol. The molecule has 4 amide bonds. The van der Waals surface area contributed by atoms with Crippen molar-refractivity contribution in [3.05, 3.63) is 94.5 Å². The minimum atomic E-state index is -0.653. The van der Waals surface area contributed by atoms with E-state index in [1.54, 1.807) is 12.1 Å². The van der Waals surface area contributed by atoms with Gasteiger partial charge in [-0.2, -0.15) is 0 Å².